The summed E-state index contributed by atoms with van der Waals surface area (Å²) in [7, 11) is -1.63. The highest BCUT2D eigenvalue weighted by atomic mass is 31.1. The van der Waals surface area contributed by atoms with Crippen LogP contribution in [0.3, 0.4) is 0 Å². The first kappa shape index (κ1) is 4.15. The highest BCUT2D eigenvalue weighted by Crippen LogP contribution is 1.84. The number of rotatable bonds is 0. The molecular formula is H6N3P. The van der Waals surface area contributed by atoms with Crippen LogP contribution in [0.15, 0.2) is 0 Å². The van der Waals surface area contributed by atoms with Gasteiger partial charge < -0.3 is 0 Å². The molecule has 0 saturated carbocycles. The Hall–Kier alpha value is 0.150. The van der Waals surface area contributed by atoms with Gasteiger partial charge in [-0.1, -0.05) is 0 Å². The van der Waals surface area contributed by atoms with E-state index >= 15 is 0 Å². The lowest BCUT2D eigenvalue weighted by molar-refractivity contribution is 1.56. The van der Waals surface area contributed by atoms with Gasteiger partial charge in [0.1, 0.15) is 0 Å². The molecule has 0 aromatic carbocycles. The van der Waals surface area contributed by atoms with E-state index in [-0.39, 0.29) is 0 Å². The summed E-state index contributed by atoms with van der Waals surface area (Å²) in [5.74, 6) is 0. The average Bonchev–Trinajstić information content (AvgIpc) is 0.811. The maximum absolute atomic E-state index is 6.24. The third kappa shape index (κ3) is 126. The van der Waals surface area contributed by atoms with Crippen molar-refractivity contribution in [1.82, 2.24) is 0 Å². The predicted molar refractivity (Wildman–Crippen MR) is 19.4 cm³/mol. The SMILES string of the molecule is N=[PH](N)N. The van der Waals surface area contributed by atoms with E-state index in [1.54, 1.807) is 0 Å². The van der Waals surface area contributed by atoms with Crippen LogP contribution < -0.4 is 11.0 Å². The quantitative estimate of drug-likeness (QED) is 0.349. The minimum atomic E-state index is -1.63. The second-order valence-electron chi connectivity index (χ2n) is 0.455. The second-order valence-corrected chi connectivity index (χ2v) is 1.37. The van der Waals surface area contributed by atoms with Gasteiger partial charge >= 0.3 is 0 Å². The Morgan fingerprint density at radius 2 is 1.50 bits per heavy atom. The van der Waals surface area contributed by atoms with Gasteiger partial charge in [-0.3, -0.25) is 16.2 Å². The third-order valence-corrected chi connectivity index (χ3v) is 0. The predicted octanol–water partition coefficient (Wildman–Crippen LogP) is -0.290. The van der Waals surface area contributed by atoms with Crippen LogP contribution in [0.25, 0.3) is 0 Å². The first-order chi connectivity index (χ1) is 1.73. The van der Waals surface area contributed by atoms with Crippen molar-refractivity contribution in [2.45, 2.75) is 0 Å². The molecule has 0 radical (unpaired) electrons. The van der Waals surface area contributed by atoms with Gasteiger partial charge in [-0.2, -0.15) is 0 Å². The molecule has 0 spiro atoms. The average molecular weight is 79.0 g/mol. The molecule has 0 fully saturated rings. The van der Waals surface area contributed by atoms with Gasteiger partial charge in [-0.05, 0) is 0 Å². The van der Waals surface area contributed by atoms with Crippen LogP contribution in [0, 0.1) is 5.16 Å². The first-order valence-corrected chi connectivity index (χ1v) is 2.48. The zero-order valence-electron chi connectivity index (χ0n) is 2.15. The molecule has 0 unspecified atom stereocenters. The molecule has 0 saturated heterocycles. The summed E-state index contributed by atoms with van der Waals surface area (Å²) in [6, 6.07) is 0. The van der Waals surface area contributed by atoms with Crippen LogP contribution in [0.2, 0.25) is 0 Å². The zero-order valence-corrected chi connectivity index (χ0v) is 3.15. The number of hydrogen-bond acceptors (Lipinski definition) is 1. The fraction of sp³-hybridized carbons (Fsp3) is 0. The number of hydrogen-bond donors (Lipinski definition) is 3. The summed E-state index contributed by atoms with van der Waals surface area (Å²) in [6.07, 6.45) is 0. The van der Waals surface area contributed by atoms with Crippen molar-refractivity contribution in [1.29, 1.82) is 5.16 Å². The van der Waals surface area contributed by atoms with Crippen molar-refractivity contribution in [3.8, 4) is 0 Å². The molecule has 3 nitrogen and oxygen atoms in total. The molecule has 0 aliphatic carbocycles. The fourth-order valence-corrected chi connectivity index (χ4v) is 0. The first-order valence-electron chi connectivity index (χ1n) is 0.827. The van der Waals surface area contributed by atoms with Gasteiger partial charge in [0.05, 0.1) is 8.01 Å². The molecule has 0 heterocycles. The Kier molecular flexibility index (Phi) is 1.52. The van der Waals surface area contributed by atoms with Crippen LogP contribution in [-0.4, -0.2) is 0 Å². The van der Waals surface area contributed by atoms with Gasteiger partial charge in [-0.25, -0.2) is 0 Å². The molecule has 4 heteroatoms. The normalized spacial score (nSPS) is 8.75. The van der Waals surface area contributed by atoms with Crippen molar-refractivity contribution in [2.24, 2.45) is 11.0 Å². The smallest absolute Gasteiger partial charge is 0.0706 e. The van der Waals surface area contributed by atoms with Crippen molar-refractivity contribution < 1.29 is 0 Å². The van der Waals surface area contributed by atoms with Gasteiger partial charge in [0, 0.05) is 0 Å². The van der Waals surface area contributed by atoms with Crippen LogP contribution in [-0.2, 0) is 0 Å². The molecule has 26 valence electrons. The molecule has 0 bridgehead atoms. The van der Waals surface area contributed by atoms with E-state index in [0.29, 0.717) is 0 Å². The number of nitrogens with one attached hydrogen (secondary N) is 1. The summed E-state index contributed by atoms with van der Waals surface area (Å²) in [4.78, 5) is 0. The van der Waals surface area contributed by atoms with Crippen molar-refractivity contribution in [3.05, 3.63) is 0 Å². The minimum Gasteiger partial charge on any atom is -0.293 e. The lowest BCUT2D eigenvalue weighted by Crippen LogP contribution is -1.84. The van der Waals surface area contributed by atoms with Crippen LogP contribution in [0.1, 0.15) is 0 Å². The van der Waals surface area contributed by atoms with Crippen molar-refractivity contribution >= 4 is 8.01 Å². The molecule has 0 aromatic heterocycles. The number of nitrogens with two attached hydrogens (primary N) is 2. The summed E-state index contributed by atoms with van der Waals surface area (Å²) in [5, 5.41) is 6.24. The Morgan fingerprint density at radius 3 is 1.50 bits per heavy atom. The Balaban J connectivity index is 2.80. The van der Waals surface area contributed by atoms with E-state index in [1.807, 2.05) is 0 Å². The van der Waals surface area contributed by atoms with E-state index in [9.17, 15) is 0 Å². The zero-order chi connectivity index (χ0) is 3.58. The topological polar surface area (TPSA) is 75.9 Å². The monoisotopic (exact) mass is 79.0 g/mol. The summed E-state index contributed by atoms with van der Waals surface area (Å²) < 4.78 is 0. The van der Waals surface area contributed by atoms with Crippen LogP contribution in [0.5, 0.6) is 0 Å². The molecular weight excluding hydrogens is 73.0 g/mol. The van der Waals surface area contributed by atoms with Gasteiger partial charge in [0.2, 0.25) is 0 Å². The molecule has 0 aliphatic heterocycles. The van der Waals surface area contributed by atoms with Gasteiger partial charge in [-0.15, -0.1) is 0 Å². The summed E-state index contributed by atoms with van der Waals surface area (Å²) in [6.45, 7) is 0. The van der Waals surface area contributed by atoms with E-state index in [1.165, 1.54) is 0 Å². The molecule has 0 amide bonds. The standard InChI is InChI=1S/H6N3P/c1-4(2)3/h4H,(H5,1,2,3). The van der Waals surface area contributed by atoms with E-state index in [0.717, 1.165) is 0 Å². The van der Waals surface area contributed by atoms with Crippen LogP contribution in [0.4, 0.5) is 0 Å². The largest absolute Gasteiger partial charge is 0.293 e. The molecule has 4 heavy (non-hydrogen) atoms. The summed E-state index contributed by atoms with van der Waals surface area (Å²) in [5.41, 5.74) is 9.31. The van der Waals surface area contributed by atoms with E-state index in [2.05, 4.69) is 11.0 Å². The molecule has 0 atom stereocenters. The molecule has 5 N–H and O–H groups in total. The second kappa shape index (κ2) is 1.47. The Bertz CT molecular complexity index is 26.3. The Labute approximate surface area is 25.4 Å². The maximum atomic E-state index is 6.24. The van der Waals surface area contributed by atoms with Gasteiger partial charge in [0.25, 0.3) is 0 Å². The highest BCUT2D eigenvalue weighted by molar-refractivity contribution is 7.40. The van der Waals surface area contributed by atoms with E-state index < -0.39 is 8.01 Å². The summed E-state index contributed by atoms with van der Waals surface area (Å²) >= 11 is 0. The maximum Gasteiger partial charge on any atom is 0.0706 e. The van der Waals surface area contributed by atoms with Crippen LogP contribution >= 0.6 is 8.01 Å². The minimum absolute atomic E-state index is 1.63. The highest BCUT2D eigenvalue weighted by Gasteiger charge is 1.48. The molecule has 0 aromatic rings. The van der Waals surface area contributed by atoms with Crippen molar-refractivity contribution in [3.63, 3.8) is 0 Å². The fourth-order valence-electron chi connectivity index (χ4n) is 0. The van der Waals surface area contributed by atoms with E-state index in [4.69, 9.17) is 5.16 Å². The van der Waals surface area contributed by atoms with Crippen molar-refractivity contribution in [2.75, 3.05) is 0 Å². The third-order valence-electron chi connectivity index (χ3n) is 0. The Morgan fingerprint density at radius 1 is 1.50 bits per heavy atom. The van der Waals surface area contributed by atoms with Gasteiger partial charge in [0.15, 0.2) is 0 Å². The lowest BCUT2D eigenvalue weighted by Gasteiger charge is -1.70. The molecule has 0 aliphatic rings. The lowest BCUT2D eigenvalue weighted by atomic mass is 13.9. The molecule has 0 rings (SSSR count).